The Morgan fingerprint density at radius 1 is 1.27 bits per heavy atom. The summed E-state index contributed by atoms with van der Waals surface area (Å²) in [6.07, 6.45) is -2.49. The van der Waals surface area contributed by atoms with E-state index < -0.39 is 28.9 Å². The van der Waals surface area contributed by atoms with E-state index in [9.17, 15) is 22.8 Å². The lowest BCUT2D eigenvalue weighted by atomic mass is 10.0. The lowest BCUT2D eigenvalue weighted by Crippen LogP contribution is -2.34. The number of carbonyl (C=O) groups excluding carboxylic acids is 1. The summed E-state index contributed by atoms with van der Waals surface area (Å²) in [6, 6.07) is 1.84. The van der Waals surface area contributed by atoms with E-state index in [0.717, 1.165) is 24.8 Å². The molecule has 2 rings (SSSR count). The molecule has 0 bridgehead atoms. The molecular weight excluding hydrogens is 351 g/mol. The van der Waals surface area contributed by atoms with Gasteiger partial charge in [0.05, 0.1) is 11.8 Å². The minimum Gasteiger partial charge on any atom is -0.349 e. The Kier molecular flexibility index (Phi) is 5.83. The van der Waals surface area contributed by atoms with Crippen LogP contribution in [0.4, 0.5) is 13.2 Å². The van der Waals surface area contributed by atoms with Crippen LogP contribution < -0.4 is 10.9 Å². The number of nitrogens with one attached hydrogen (secondary N) is 2. The van der Waals surface area contributed by atoms with E-state index in [-0.39, 0.29) is 11.9 Å². The highest BCUT2D eigenvalue weighted by Crippen LogP contribution is 2.33. The number of hydrogen-bond acceptors (Lipinski definition) is 4. The number of hydrogen-bond donors (Lipinski definition) is 2. The van der Waals surface area contributed by atoms with Crippen molar-refractivity contribution in [2.75, 3.05) is 0 Å². The van der Waals surface area contributed by atoms with E-state index in [0.29, 0.717) is 17.0 Å². The largest absolute Gasteiger partial charge is 0.434 e. The molecule has 0 aliphatic carbocycles. The standard InChI is InChI=1S/C16H20F3N5O2/c1-9(2)4-5-10(3)21-15(26)11-8-20-24(14(11)16(17,18)19)12-6-7-13(25)23-22-12/h6-10H,4-5H2,1-3H3,(H,21,26)(H,23,25). The fourth-order valence-corrected chi connectivity index (χ4v) is 2.37. The van der Waals surface area contributed by atoms with Gasteiger partial charge in [-0.2, -0.15) is 23.4 Å². The van der Waals surface area contributed by atoms with Crippen LogP contribution in [0.15, 0.2) is 23.1 Å². The normalized spacial score (nSPS) is 13.0. The summed E-state index contributed by atoms with van der Waals surface area (Å²) >= 11 is 0. The average molecular weight is 371 g/mol. The first kappa shape index (κ1) is 19.7. The molecule has 0 spiro atoms. The van der Waals surface area contributed by atoms with Gasteiger partial charge in [0, 0.05) is 12.1 Å². The molecule has 10 heteroatoms. The topological polar surface area (TPSA) is 92.7 Å². The van der Waals surface area contributed by atoms with Crippen molar-refractivity contribution < 1.29 is 18.0 Å². The van der Waals surface area contributed by atoms with Gasteiger partial charge in [0.2, 0.25) is 0 Å². The minimum absolute atomic E-state index is 0.246. The number of alkyl halides is 3. The zero-order valence-corrected chi connectivity index (χ0v) is 14.6. The molecule has 1 amide bonds. The molecule has 0 aromatic carbocycles. The Morgan fingerprint density at radius 3 is 2.50 bits per heavy atom. The van der Waals surface area contributed by atoms with Crippen molar-refractivity contribution in [3.8, 4) is 5.82 Å². The van der Waals surface area contributed by atoms with Gasteiger partial charge in [0.15, 0.2) is 11.5 Å². The predicted molar refractivity (Wildman–Crippen MR) is 88.0 cm³/mol. The van der Waals surface area contributed by atoms with Crippen LogP contribution >= 0.6 is 0 Å². The van der Waals surface area contributed by atoms with Gasteiger partial charge in [-0.3, -0.25) is 9.59 Å². The van der Waals surface area contributed by atoms with Gasteiger partial charge in [-0.1, -0.05) is 13.8 Å². The van der Waals surface area contributed by atoms with E-state index in [4.69, 9.17) is 0 Å². The van der Waals surface area contributed by atoms with Gasteiger partial charge >= 0.3 is 6.18 Å². The lowest BCUT2D eigenvalue weighted by Gasteiger charge is -2.16. The predicted octanol–water partition coefficient (Wildman–Crippen LogP) is 2.53. The van der Waals surface area contributed by atoms with E-state index in [1.807, 2.05) is 18.9 Å². The third-order valence-corrected chi connectivity index (χ3v) is 3.72. The molecule has 0 aliphatic heterocycles. The average Bonchev–Trinajstić information content (AvgIpc) is 2.99. The monoisotopic (exact) mass is 371 g/mol. The number of carbonyl (C=O) groups is 1. The van der Waals surface area contributed by atoms with Crippen molar-refractivity contribution in [3.63, 3.8) is 0 Å². The summed E-state index contributed by atoms with van der Waals surface area (Å²) in [4.78, 5) is 23.4. The molecule has 0 saturated heterocycles. The zero-order valence-electron chi connectivity index (χ0n) is 14.6. The first-order valence-corrected chi connectivity index (χ1v) is 8.11. The van der Waals surface area contributed by atoms with Gasteiger partial charge in [-0.25, -0.2) is 9.78 Å². The Morgan fingerprint density at radius 2 is 1.96 bits per heavy atom. The number of halogens is 3. The van der Waals surface area contributed by atoms with Crippen molar-refractivity contribution in [2.24, 2.45) is 5.92 Å². The first-order chi connectivity index (χ1) is 12.1. The summed E-state index contributed by atoms with van der Waals surface area (Å²) in [5.74, 6) is -0.678. The molecule has 2 N–H and O–H groups in total. The van der Waals surface area contributed by atoms with Gasteiger partial charge in [-0.15, -0.1) is 0 Å². The van der Waals surface area contributed by atoms with Crippen molar-refractivity contribution in [3.05, 3.63) is 39.9 Å². The Bertz CT molecular complexity index is 806. The maximum absolute atomic E-state index is 13.5. The van der Waals surface area contributed by atoms with E-state index in [1.165, 1.54) is 0 Å². The highest BCUT2D eigenvalue weighted by Gasteiger charge is 2.41. The Balaban J connectivity index is 2.33. The number of rotatable bonds is 6. The molecule has 2 heterocycles. The molecule has 2 aromatic heterocycles. The van der Waals surface area contributed by atoms with Crippen LogP contribution in [0.2, 0.25) is 0 Å². The van der Waals surface area contributed by atoms with Crippen LogP contribution in [0.5, 0.6) is 0 Å². The van der Waals surface area contributed by atoms with Crippen LogP contribution in [-0.4, -0.2) is 31.9 Å². The molecule has 2 aromatic rings. The highest BCUT2D eigenvalue weighted by atomic mass is 19.4. The summed E-state index contributed by atoms with van der Waals surface area (Å²) in [5.41, 5.74) is -2.40. The number of aromatic nitrogens is 4. The third kappa shape index (κ3) is 4.70. The molecular formula is C16H20F3N5O2. The molecule has 0 fully saturated rings. The second-order valence-electron chi connectivity index (χ2n) is 6.44. The smallest absolute Gasteiger partial charge is 0.349 e. The molecule has 26 heavy (non-hydrogen) atoms. The minimum atomic E-state index is -4.83. The fraction of sp³-hybridized carbons (Fsp3) is 0.500. The second kappa shape index (κ2) is 7.71. The van der Waals surface area contributed by atoms with Gasteiger partial charge in [0.1, 0.15) is 0 Å². The van der Waals surface area contributed by atoms with Gasteiger partial charge in [-0.05, 0) is 31.7 Å². The Hall–Kier alpha value is -2.65. The molecule has 0 saturated carbocycles. The van der Waals surface area contributed by atoms with Crippen LogP contribution in [0.1, 0.15) is 49.7 Å². The maximum Gasteiger partial charge on any atom is 0.434 e. The lowest BCUT2D eigenvalue weighted by molar-refractivity contribution is -0.143. The van der Waals surface area contributed by atoms with E-state index in [2.05, 4.69) is 15.5 Å². The third-order valence-electron chi connectivity index (χ3n) is 3.72. The second-order valence-corrected chi connectivity index (χ2v) is 6.44. The molecule has 7 nitrogen and oxygen atoms in total. The molecule has 0 aliphatic rings. The van der Waals surface area contributed by atoms with Crippen LogP contribution in [0, 0.1) is 5.92 Å². The molecule has 0 radical (unpaired) electrons. The van der Waals surface area contributed by atoms with Crippen LogP contribution in [-0.2, 0) is 6.18 Å². The van der Waals surface area contributed by atoms with Gasteiger partial charge < -0.3 is 5.32 Å². The molecule has 1 unspecified atom stereocenters. The molecule has 1 atom stereocenters. The van der Waals surface area contributed by atoms with Crippen molar-refractivity contribution in [1.82, 2.24) is 25.3 Å². The Labute approximate surface area is 147 Å². The maximum atomic E-state index is 13.5. The van der Waals surface area contributed by atoms with Crippen molar-refractivity contribution in [2.45, 2.75) is 45.8 Å². The molecule has 142 valence electrons. The number of nitrogens with zero attached hydrogens (tertiary/aromatic N) is 3. The SMILES string of the molecule is CC(C)CCC(C)NC(=O)c1cnn(-c2ccc(=O)[nH]n2)c1C(F)(F)F. The summed E-state index contributed by atoms with van der Waals surface area (Å²) < 4.78 is 41.0. The summed E-state index contributed by atoms with van der Waals surface area (Å²) in [6.45, 7) is 5.79. The van der Waals surface area contributed by atoms with E-state index >= 15 is 0 Å². The van der Waals surface area contributed by atoms with Crippen LogP contribution in [0.3, 0.4) is 0 Å². The zero-order chi connectivity index (χ0) is 19.5. The fourth-order valence-electron chi connectivity index (χ4n) is 2.37. The van der Waals surface area contributed by atoms with Crippen molar-refractivity contribution in [1.29, 1.82) is 0 Å². The number of H-pyrrole nitrogens is 1. The first-order valence-electron chi connectivity index (χ1n) is 8.11. The van der Waals surface area contributed by atoms with E-state index in [1.54, 1.807) is 6.92 Å². The summed E-state index contributed by atoms with van der Waals surface area (Å²) in [5, 5.41) is 11.8. The van der Waals surface area contributed by atoms with Gasteiger partial charge in [0.25, 0.3) is 11.5 Å². The number of amides is 1. The van der Waals surface area contributed by atoms with Crippen LogP contribution in [0.25, 0.3) is 5.82 Å². The number of aromatic amines is 1. The quantitative estimate of drug-likeness (QED) is 0.816. The van der Waals surface area contributed by atoms with Crippen molar-refractivity contribution >= 4 is 5.91 Å². The summed E-state index contributed by atoms with van der Waals surface area (Å²) in [7, 11) is 0. The highest BCUT2D eigenvalue weighted by molar-refractivity contribution is 5.95.